The Morgan fingerprint density at radius 2 is 1.20 bits per heavy atom. The molecule has 0 aliphatic carbocycles. The smallest absolute Gasteiger partial charge is 0.121 e. The number of aromatic hydroxyl groups is 1. The maximum Gasteiger partial charge on any atom is 0.121 e. The lowest BCUT2D eigenvalue weighted by Gasteiger charge is -2.12. The first-order valence-electron chi connectivity index (χ1n) is 8.50. The highest BCUT2D eigenvalue weighted by Gasteiger charge is 2.08. The fourth-order valence-electron chi connectivity index (χ4n) is 2.80. The molecule has 0 spiro atoms. The molecule has 0 fully saturated rings. The van der Waals surface area contributed by atoms with E-state index in [0.717, 1.165) is 24.0 Å². The number of benzene rings is 1. The van der Waals surface area contributed by atoms with Crippen molar-refractivity contribution in [1.29, 1.82) is 0 Å². The fraction of sp³-hybridized carbons (Fsp3) is 0.684. The van der Waals surface area contributed by atoms with Gasteiger partial charge in [-0.15, -0.1) is 0 Å². The molecule has 0 saturated heterocycles. The third-order valence-electron chi connectivity index (χ3n) is 4.01. The van der Waals surface area contributed by atoms with Crippen molar-refractivity contribution < 1.29 is 5.11 Å². The van der Waals surface area contributed by atoms with E-state index in [2.05, 4.69) is 32.9 Å². The van der Waals surface area contributed by atoms with Gasteiger partial charge < -0.3 is 5.11 Å². The molecule has 0 unspecified atom stereocenters. The van der Waals surface area contributed by atoms with Crippen molar-refractivity contribution in [2.24, 2.45) is 0 Å². The molecule has 0 aromatic heterocycles. The average Bonchev–Trinajstić information content (AvgIpc) is 2.44. The van der Waals surface area contributed by atoms with Gasteiger partial charge in [0.15, 0.2) is 0 Å². The SMILES string of the molecule is CCCCCCc1cc(C)cc(CCCCCC)c1O. The van der Waals surface area contributed by atoms with Gasteiger partial charge in [-0.25, -0.2) is 0 Å². The van der Waals surface area contributed by atoms with Gasteiger partial charge in [-0.3, -0.25) is 0 Å². The average molecular weight is 276 g/mol. The zero-order valence-corrected chi connectivity index (χ0v) is 13.7. The van der Waals surface area contributed by atoms with Crippen molar-refractivity contribution in [1.82, 2.24) is 0 Å². The Morgan fingerprint density at radius 3 is 1.60 bits per heavy atom. The molecule has 1 aromatic carbocycles. The van der Waals surface area contributed by atoms with Gasteiger partial charge in [-0.1, -0.05) is 70.1 Å². The summed E-state index contributed by atoms with van der Waals surface area (Å²) in [6.07, 6.45) is 12.1. The van der Waals surface area contributed by atoms with Gasteiger partial charge in [0.05, 0.1) is 0 Å². The molecule has 20 heavy (non-hydrogen) atoms. The second-order valence-electron chi connectivity index (χ2n) is 6.05. The van der Waals surface area contributed by atoms with Crippen LogP contribution in [0, 0.1) is 6.92 Å². The summed E-state index contributed by atoms with van der Waals surface area (Å²) < 4.78 is 0. The zero-order chi connectivity index (χ0) is 14.8. The van der Waals surface area contributed by atoms with Gasteiger partial charge in [0, 0.05) is 0 Å². The number of hydrogen-bond acceptors (Lipinski definition) is 1. The summed E-state index contributed by atoms with van der Waals surface area (Å²) in [6, 6.07) is 4.33. The summed E-state index contributed by atoms with van der Waals surface area (Å²) in [5.74, 6) is 0.573. The lowest BCUT2D eigenvalue weighted by atomic mass is 9.96. The Labute approximate surface area is 125 Å². The molecule has 1 aromatic rings. The topological polar surface area (TPSA) is 20.2 Å². The molecule has 1 rings (SSSR count). The van der Waals surface area contributed by atoms with E-state index in [1.165, 1.54) is 56.9 Å². The second kappa shape index (κ2) is 9.85. The lowest BCUT2D eigenvalue weighted by molar-refractivity contribution is 0.457. The molecule has 1 nitrogen and oxygen atoms in total. The monoisotopic (exact) mass is 276 g/mol. The van der Waals surface area contributed by atoms with Crippen molar-refractivity contribution in [3.8, 4) is 5.75 Å². The first kappa shape index (κ1) is 17.1. The fourth-order valence-corrected chi connectivity index (χ4v) is 2.80. The summed E-state index contributed by atoms with van der Waals surface area (Å²) in [6.45, 7) is 6.61. The predicted octanol–water partition coefficient (Wildman–Crippen LogP) is 5.95. The minimum absolute atomic E-state index is 0.573. The van der Waals surface area contributed by atoms with Gasteiger partial charge in [0.2, 0.25) is 0 Å². The van der Waals surface area contributed by atoms with Crippen molar-refractivity contribution in [2.45, 2.75) is 85.0 Å². The molecule has 0 aliphatic heterocycles. The largest absolute Gasteiger partial charge is 0.507 e. The van der Waals surface area contributed by atoms with Crippen molar-refractivity contribution in [3.05, 3.63) is 28.8 Å². The van der Waals surface area contributed by atoms with Crippen molar-refractivity contribution in [3.63, 3.8) is 0 Å². The molecular weight excluding hydrogens is 244 g/mol. The molecule has 0 atom stereocenters. The summed E-state index contributed by atoms with van der Waals surface area (Å²) in [5, 5.41) is 10.4. The number of hydrogen-bond donors (Lipinski definition) is 1. The van der Waals surface area contributed by atoms with Crippen LogP contribution in [0.3, 0.4) is 0 Å². The molecule has 0 bridgehead atoms. The number of aryl methyl sites for hydroxylation is 3. The standard InChI is InChI=1S/C19H32O/c1-4-6-8-10-12-17-14-16(3)15-18(19(17)20)13-11-9-7-5-2/h14-15,20H,4-13H2,1-3H3. The minimum Gasteiger partial charge on any atom is -0.507 e. The van der Waals surface area contributed by atoms with Crippen LogP contribution in [-0.2, 0) is 12.8 Å². The maximum atomic E-state index is 10.4. The van der Waals surface area contributed by atoms with Crippen LogP contribution in [0.5, 0.6) is 5.75 Å². The molecule has 0 aliphatic rings. The van der Waals surface area contributed by atoms with Gasteiger partial charge in [0.1, 0.15) is 5.75 Å². The van der Waals surface area contributed by atoms with Crippen LogP contribution in [0.1, 0.15) is 81.9 Å². The van der Waals surface area contributed by atoms with Crippen molar-refractivity contribution in [2.75, 3.05) is 0 Å². The molecule has 0 saturated carbocycles. The van der Waals surface area contributed by atoms with E-state index >= 15 is 0 Å². The summed E-state index contributed by atoms with van der Waals surface area (Å²) in [4.78, 5) is 0. The van der Waals surface area contributed by atoms with E-state index in [0.29, 0.717) is 5.75 Å². The Bertz CT molecular complexity index is 348. The second-order valence-corrected chi connectivity index (χ2v) is 6.05. The Kier molecular flexibility index (Phi) is 8.41. The van der Waals surface area contributed by atoms with E-state index in [9.17, 15) is 5.11 Å². The zero-order valence-electron chi connectivity index (χ0n) is 13.7. The minimum atomic E-state index is 0.573. The number of unbranched alkanes of at least 4 members (excludes halogenated alkanes) is 6. The van der Waals surface area contributed by atoms with E-state index in [1.807, 2.05) is 0 Å². The molecule has 114 valence electrons. The van der Waals surface area contributed by atoms with Crippen LogP contribution in [-0.4, -0.2) is 5.11 Å². The van der Waals surface area contributed by atoms with Crippen LogP contribution < -0.4 is 0 Å². The summed E-state index contributed by atoms with van der Waals surface area (Å²) >= 11 is 0. The van der Waals surface area contributed by atoms with Gasteiger partial charge in [0.25, 0.3) is 0 Å². The number of rotatable bonds is 10. The maximum absolute atomic E-state index is 10.4. The first-order chi connectivity index (χ1) is 9.69. The Hall–Kier alpha value is -0.980. The van der Waals surface area contributed by atoms with Crippen LogP contribution in [0.4, 0.5) is 0 Å². The number of phenols is 1. The molecule has 1 N–H and O–H groups in total. The van der Waals surface area contributed by atoms with E-state index < -0.39 is 0 Å². The first-order valence-corrected chi connectivity index (χ1v) is 8.50. The quantitative estimate of drug-likeness (QED) is 0.524. The Balaban J connectivity index is 2.59. The van der Waals surface area contributed by atoms with E-state index in [1.54, 1.807) is 0 Å². The van der Waals surface area contributed by atoms with Crippen LogP contribution in [0.2, 0.25) is 0 Å². The summed E-state index contributed by atoms with van der Waals surface area (Å²) in [5.41, 5.74) is 3.61. The van der Waals surface area contributed by atoms with E-state index in [4.69, 9.17) is 0 Å². The van der Waals surface area contributed by atoms with Crippen LogP contribution in [0.25, 0.3) is 0 Å². The van der Waals surface area contributed by atoms with Gasteiger partial charge in [-0.2, -0.15) is 0 Å². The molecule has 0 heterocycles. The highest BCUT2D eigenvalue weighted by molar-refractivity contribution is 5.43. The lowest BCUT2D eigenvalue weighted by Crippen LogP contribution is -1.95. The Morgan fingerprint density at radius 1 is 0.750 bits per heavy atom. The molecule has 0 radical (unpaired) electrons. The molecule has 0 amide bonds. The van der Waals surface area contributed by atoms with Gasteiger partial charge >= 0.3 is 0 Å². The highest BCUT2D eigenvalue weighted by Crippen LogP contribution is 2.28. The normalized spacial score (nSPS) is 10.9. The van der Waals surface area contributed by atoms with Crippen LogP contribution >= 0.6 is 0 Å². The summed E-state index contributed by atoms with van der Waals surface area (Å²) in [7, 11) is 0. The van der Waals surface area contributed by atoms with Crippen LogP contribution in [0.15, 0.2) is 12.1 Å². The van der Waals surface area contributed by atoms with Crippen molar-refractivity contribution >= 4 is 0 Å². The highest BCUT2D eigenvalue weighted by atomic mass is 16.3. The molecular formula is C19H32O. The third-order valence-corrected chi connectivity index (χ3v) is 4.01. The van der Waals surface area contributed by atoms with E-state index in [-0.39, 0.29) is 0 Å². The van der Waals surface area contributed by atoms with Gasteiger partial charge in [-0.05, 0) is 43.7 Å². The molecule has 1 heteroatoms. The number of phenolic OH excluding ortho intramolecular Hbond substituents is 1. The third kappa shape index (κ3) is 5.98. The predicted molar refractivity (Wildman–Crippen MR) is 88.5 cm³/mol.